The predicted molar refractivity (Wildman–Crippen MR) is 85.4 cm³/mol. The van der Waals surface area contributed by atoms with Crippen molar-refractivity contribution in [2.45, 2.75) is 37.9 Å². The third-order valence-electron chi connectivity index (χ3n) is 4.21. The molecule has 1 aromatic carbocycles. The number of nitrogens with zero attached hydrogens (tertiary/aromatic N) is 1. The summed E-state index contributed by atoms with van der Waals surface area (Å²) in [6.07, 6.45) is 10.7. The molecular formula is C16H20N2O2S. The van der Waals surface area contributed by atoms with Crippen molar-refractivity contribution in [3.05, 3.63) is 41.0 Å². The lowest BCUT2D eigenvalue weighted by molar-refractivity contribution is 0.420. The molecule has 112 valence electrons. The normalized spacial score (nSPS) is 22.0. The summed E-state index contributed by atoms with van der Waals surface area (Å²) < 4.78 is 27.0. The Morgan fingerprint density at radius 2 is 1.95 bits per heavy atom. The van der Waals surface area contributed by atoms with E-state index in [0.717, 1.165) is 16.7 Å². The van der Waals surface area contributed by atoms with Crippen molar-refractivity contribution in [1.29, 1.82) is 0 Å². The van der Waals surface area contributed by atoms with Gasteiger partial charge in [0.2, 0.25) is 0 Å². The van der Waals surface area contributed by atoms with Crippen LogP contribution in [0.4, 0.5) is 0 Å². The van der Waals surface area contributed by atoms with Gasteiger partial charge in [-0.05, 0) is 29.9 Å². The van der Waals surface area contributed by atoms with Crippen molar-refractivity contribution < 1.29 is 8.42 Å². The van der Waals surface area contributed by atoms with Gasteiger partial charge in [-0.25, -0.2) is 8.42 Å². The number of hydrogen-bond acceptors (Lipinski definition) is 3. The minimum atomic E-state index is -3.46. The van der Waals surface area contributed by atoms with Gasteiger partial charge in [0.1, 0.15) is 5.84 Å². The lowest BCUT2D eigenvalue weighted by Gasteiger charge is -2.19. The second-order valence-corrected chi connectivity index (χ2v) is 7.48. The smallest absolute Gasteiger partial charge is 0.259 e. The van der Waals surface area contributed by atoms with Crippen LogP contribution in [0.15, 0.2) is 28.7 Å². The third-order valence-corrected chi connectivity index (χ3v) is 5.36. The van der Waals surface area contributed by atoms with E-state index < -0.39 is 10.0 Å². The monoisotopic (exact) mass is 304 g/mol. The van der Waals surface area contributed by atoms with Gasteiger partial charge in [0.05, 0.1) is 5.75 Å². The molecule has 0 spiro atoms. The van der Waals surface area contributed by atoms with Crippen molar-refractivity contribution in [3.63, 3.8) is 0 Å². The summed E-state index contributed by atoms with van der Waals surface area (Å²) in [4.78, 5) is 0. The Bertz CT molecular complexity index is 699. The second-order valence-electron chi connectivity index (χ2n) is 5.84. The largest absolute Gasteiger partial charge is 0.383 e. The van der Waals surface area contributed by atoms with Gasteiger partial charge >= 0.3 is 0 Å². The summed E-state index contributed by atoms with van der Waals surface area (Å²) in [5, 5.41) is 0. The Morgan fingerprint density at radius 1 is 1.19 bits per heavy atom. The molecule has 5 heteroatoms. The lowest BCUT2D eigenvalue weighted by Crippen LogP contribution is -2.24. The van der Waals surface area contributed by atoms with Crippen molar-refractivity contribution in [3.8, 4) is 0 Å². The molecule has 1 saturated carbocycles. The molecule has 21 heavy (non-hydrogen) atoms. The highest BCUT2D eigenvalue weighted by atomic mass is 32.2. The number of benzene rings is 1. The van der Waals surface area contributed by atoms with Gasteiger partial charge in [-0.1, -0.05) is 49.6 Å². The van der Waals surface area contributed by atoms with Crippen molar-refractivity contribution in [2.75, 3.05) is 0 Å². The second kappa shape index (κ2) is 5.64. The van der Waals surface area contributed by atoms with Crippen LogP contribution in [-0.2, 0) is 15.8 Å². The maximum Gasteiger partial charge on any atom is 0.259 e. The summed E-state index contributed by atoms with van der Waals surface area (Å²) in [6.45, 7) is 0. The highest BCUT2D eigenvalue weighted by Gasteiger charge is 2.23. The summed E-state index contributed by atoms with van der Waals surface area (Å²) in [7, 11) is -3.46. The van der Waals surface area contributed by atoms with E-state index >= 15 is 0 Å². The highest BCUT2D eigenvalue weighted by Crippen LogP contribution is 2.27. The summed E-state index contributed by atoms with van der Waals surface area (Å²) in [5.74, 6) is 0.675. The first kappa shape index (κ1) is 14.3. The first-order valence-corrected chi connectivity index (χ1v) is 9.05. The quantitative estimate of drug-likeness (QED) is 0.913. The van der Waals surface area contributed by atoms with E-state index in [2.05, 4.69) is 16.5 Å². The number of nitrogens with two attached hydrogens (primary N) is 1. The van der Waals surface area contributed by atoms with Gasteiger partial charge in [0.15, 0.2) is 0 Å². The van der Waals surface area contributed by atoms with Crippen LogP contribution < -0.4 is 5.73 Å². The molecule has 2 N–H and O–H groups in total. The zero-order valence-electron chi connectivity index (χ0n) is 12.0. The van der Waals surface area contributed by atoms with Gasteiger partial charge < -0.3 is 5.73 Å². The van der Waals surface area contributed by atoms with E-state index in [-0.39, 0.29) is 11.6 Å². The van der Waals surface area contributed by atoms with Crippen LogP contribution in [0.3, 0.4) is 0 Å². The fraction of sp³-hybridized carbons (Fsp3) is 0.438. The van der Waals surface area contributed by atoms with Crippen LogP contribution >= 0.6 is 0 Å². The van der Waals surface area contributed by atoms with Gasteiger partial charge in [0, 0.05) is 5.56 Å². The fourth-order valence-electron chi connectivity index (χ4n) is 3.18. The fourth-order valence-corrected chi connectivity index (χ4v) is 4.27. The summed E-state index contributed by atoms with van der Waals surface area (Å²) >= 11 is 0. The number of sulfonamides is 1. The van der Waals surface area contributed by atoms with Crippen molar-refractivity contribution >= 4 is 21.9 Å². The number of allylic oxidation sites excluding steroid dienone is 1. The molecule has 0 bridgehead atoms. The van der Waals surface area contributed by atoms with Crippen molar-refractivity contribution in [1.82, 2.24) is 0 Å². The molecule has 0 radical (unpaired) electrons. The molecule has 4 nitrogen and oxygen atoms in total. The standard InChI is InChI=1S/C16H20N2O2S/c17-16-15-13(10-9-12-5-2-1-3-6-12)7-4-8-14(15)11-21(19,20)18-16/h4,7-10,12H,1-3,5-6,11H2,(H2,17,18)/b10-9+. The molecule has 1 aliphatic carbocycles. The van der Waals surface area contributed by atoms with Gasteiger partial charge in [0.25, 0.3) is 10.0 Å². The number of fused-ring (bicyclic) bond motifs is 1. The zero-order valence-corrected chi connectivity index (χ0v) is 12.8. The van der Waals surface area contributed by atoms with Crippen molar-refractivity contribution in [2.24, 2.45) is 16.0 Å². The number of rotatable bonds is 2. The molecule has 1 fully saturated rings. The van der Waals surface area contributed by atoms with E-state index in [0.29, 0.717) is 5.92 Å². The molecule has 0 aromatic heterocycles. The molecule has 0 atom stereocenters. The number of amidine groups is 1. The molecule has 1 heterocycles. The molecular weight excluding hydrogens is 284 g/mol. The van der Waals surface area contributed by atoms with E-state index in [4.69, 9.17) is 5.73 Å². The van der Waals surface area contributed by atoms with E-state index in [1.807, 2.05) is 18.2 Å². The van der Waals surface area contributed by atoms with Crippen LogP contribution in [0.2, 0.25) is 0 Å². The third kappa shape index (κ3) is 3.18. The van der Waals surface area contributed by atoms with E-state index in [1.54, 1.807) is 0 Å². The van der Waals surface area contributed by atoms with Gasteiger partial charge in [-0.2, -0.15) is 0 Å². The average Bonchev–Trinajstić information content (AvgIpc) is 2.44. The molecule has 3 rings (SSSR count). The Hall–Kier alpha value is -1.62. The molecule has 0 unspecified atom stereocenters. The maximum absolute atomic E-state index is 11.7. The molecule has 1 aromatic rings. The zero-order chi connectivity index (χ0) is 14.9. The van der Waals surface area contributed by atoms with Crippen LogP contribution in [0.25, 0.3) is 6.08 Å². The Labute approximate surface area is 125 Å². The topological polar surface area (TPSA) is 72.5 Å². The predicted octanol–water partition coefficient (Wildman–Crippen LogP) is 2.83. The van der Waals surface area contributed by atoms with Crippen LogP contribution in [0.1, 0.15) is 48.8 Å². The molecule has 0 amide bonds. The Kier molecular flexibility index (Phi) is 3.85. The molecule has 2 aliphatic rings. The first-order valence-electron chi connectivity index (χ1n) is 7.44. The Morgan fingerprint density at radius 3 is 2.71 bits per heavy atom. The van der Waals surface area contributed by atoms with Crippen LogP contribution in [-0.4, -0.2) is 14.3 Å². The molecule has 0 saturated heterocycles. The average molecular weight is 304 g/mol. The van der Waals surface area contributed by atoms with E-state index in [1.165, 1.54) is 32.1 Å². The van der Waals surface area contributed by atoms with Gasteiger partial charge in [-0.15, -0.1) is 4.40 Å². The minimum absolute atomic E-state index is 0.0614. The lowest BCUT2D eigenvalue weighted by atomic mass is 9.88. The highest BCUT2D eigenvalue weighted by molar-refractivity contribution is 7.89. The maximum atomic E-state index is 11.7. The SMILES string of the molecule is NC1=NS(=O)(=O)Cc2cccc(/C=C/C3CCCCC3)c21. The van der Waals surface area contributed by atoms with Crippen LogP contribution in [0, 0.1) is 5.92 Å². The Balaban J connectivity index is 1.93. The first-order chi connectivity index (χ1) is 10.1. The summed E-state index contributed by atoms with van der Waals surface area (Å²) in [5.41, 5.74) is 8.36. The van der Waals surface area contributed by atoms with Gasteiger partial charge in [-0.3, -0.25) is 0 Å². The van der Waals surface area contributed by atoms with E-state index in [9.17, 15) is 8.42 Å². The van der Waals surface area contributed by atoms with Crippen LogP contribution in [0.5, 0.6) is 0 Å². The molecule has 1 aliphatic heterocycles. The minimum Gasteiger partial charge on any atom is -0.383 e. The summed E-state index contributed by atoms with van der Waals surface area (Å²) in [6, 6.07) is 5.67. The number of hydrogen-bond donors (Lipinski definition) is 1.